The number of hydrogen-bond acceptors (Lipinski definition) is 2. The van der Waals surface area contributed by atoms with Gasteiger partial charge in [0.25, 0.3) is 0 Å². The Morgan fingerprint density at radius 3 is 2.72 bits per heavy atom. The van der Waals surface area contributed by atoms with E-state index in [-0.39, 0.29) is 0 Å². The van der Waals surface area contributed by atoms with Crippen LogP contribution in [0.1, 0.15) is 31.2 Å². The minimum absolute atomic E-state index is 0.319. The molecule has 1 aromatic carbocycles. The fourth-order valence-electron chi connectivity index (χ4n) is 1.91. The van der Waals surface area contributed by atoms with Crippen LogP contribution in [0.2, 0.25) is 0 Å². The fraction of sp³-hybridized carbons (Fsp3) is 0.538. The summed E-state index contributed by atoms with van der Waals surface area (Å²) in [5.41, 5.74) is 1.04. The number of sulfonamides is 1. The molecule has 0 aliphatic heterocycles. The van der Waals surface area contributed by atoms with Crippen LogP contribution in [0.25, 0.3) is 0 Å². The van der Waals surface area contributed by atoms with Gasteiger partial charge < -0.3 is 0 Å². The standard InChI is InChI=1S/C13H18BrNO2S/c1-10-4-7-13(12(14)9-10)18(16,17)15-8-2-3-11-5-6-11/h4,7,9,11,15H,2-3,5-6,8H2,1H3. The molecule has 0 bridgehead atoms. The van der Waals surface area contributed by atoms with Crippen molar-refractivity contribution in [2.75, 3.05) is 6.54 Å². The first-order valence-electron chi connectivity index (χ1n) is 6.25. The second-order valence-electron chi connectivity index (χ2n) is 4.92. The lowest BCUT2D eigenvalue weighted by molar-refractivity contribution is 0.572. The van der Waals surface area contributed by atoms with E-state index in [4.69, 9.17) is 0 Å². The molecule has 18 heavy (non-hydrogen) atoms. The topological polar surface area (TPSA) is 46.2 Å². The number of aryl methyl sites for hydroxylation is 1. The quantitative estimate of drug-likeness (QED) is 0.813. The van der Waals surface area contributed by atoms with E-state index in [0.29, 0.717) is 15.9 Å². The van der Waals surface area contributed by atoms with E-state index in [2.05, 4.69) is 20.7 Å². The van der Waals surface area contributed by atoms with Gasteiger partial charge in [-0.25, -0.2) is 13.1 Å². The first kappa shape index (κ1) is 14.0. The normalized spacial score (nSPS) is 15.9. The van der Waals surface area contributed by atoms with E-state index >= 15 is 0 Å². The van der Waals surface area contributed by atoms with Crippen LogP contribution in [0, 0.1) is 12.8 Å². The Morgan fingerprint density at radius 1 is 1.39 bits per heavy atom. The molecule has 0 saturated heterocycles. The molecule has 1 aliphatic carbocycles. The van der Waals surface area contributed by atoms with Crippen LogP contribution in [0.3, 0.4) is 0 Å². The molecule has 5 heteroatoms. The fourth-order valence-corrected chi connectivity index (χ4v) is 4.17. The number of hydrogen-bond donors (Lipinski definition) is 1. The molecule has 1 aromatic rings. The average Bonchev–Trinajstić information content (AvgIpc) is 3.07. The van der Waals surface area contributed by atoms with Gasteiger partial charge >= 0.3 is 0 Å². The third-order valence-electron chi connectivity index (χ3n) is 3.16. The predicted octanol–water partition coefficient (Wildman–Crippen LogP) is 3.23. The monoisotopic (exact) mass is 331 g/mol. The van der Waals surface area contributed by atoms with Crippen molar-refractivity contribution < 1.29 is 8.42 Å². The van der Waals surface area contributed by atoms with Gasteiger partial charge in [-0.2, -0.15) is 0 Å². The van der Waals surface area contributed by atoms with Crippen LogP contribution in [0.5, 0.6) is 0 Å². The molecule has 0 unspecified atom stereocenters. The van der Waals surface area contributed by atoms with E-state index in [0.717, 1.165) is 24.3 Å². The molecule has 100 valence electrons. The minimum atomic E-state index is -3.38. The second-order valence-corrected chi connectivity index (χ2v) is 7.51. The molecule has 0 atom stereocenters. The lowest BCUT2D eigenvalue weighted by Crippen LogP contribution is -2.25. The summed E-state index contributed by atoms with van der Waals surface area (Å²) in [7, 11) is -3.38. The Labute approximate surface area is 117 Å². The summed E-state index contributed by atoms with van der Waals surface area (Å²) in [5, 5.41) is 0. The van der Waals surface area contributed by atoms with E-state index in [1.807, 2.05) is 19.1 Å². The Balaban J connectivity index is 1.95. The average molecular weight is 332 g/mol. The largest absolute Gasteiger partial charge is 0.241 e. The van der Waals surface area contributed by atoms with E-state index in [1.54, 1.807) is 6.07 Å². The number of benzene rings is 1. The summed E-state index contributed by atoms with van der Waals surface area (Å²) in [6, 6.07) is 5.27. The third-order valence-corrected chi connectivity index (χ3v) is 5.59. The molecule has 0 aromatic heterocycles. The van der Waals surface area contributed by atoms with Crippen molar-refractivity contribution in [3.8, 4) is 0 Å². The number of nitrogens with one attached hydrogen (secondary N) is 1. The number of halogens is 1. The first-order chi connectivity index (χ1) is 8.49. The van der Waals surface area contributed by atoms with Gasteiger partial charge in [0.05, 0.1) is 4.90 Å². The van der Waals surface area contributed by atoms with Crippen molar-refractivity contribution >= 4 is 26.0 Å². The van der Waals surface area contributed by atoms with E-state index in [9.17, 15) is 8.42 Å². The smallest absolute Gasteiger partial charge is 0.211 e. The number of rotatable bonds is 6. The summed E-state index contributed by atoms with van der Waals surface area (Å²) in [6.45, 7) is 2.46. The van der Waals surface area contributed by atoms with Crippen molar-refractivity contribution in [1.82, 2.24) is 4.72 Å². The third kappa shape index (κ3) is 3.80. The summed E-state index contributed by atoms with van der Waals surface area (Å²) < 4.78 is 27.5. The van der Waals surface area contributed by atoms with Crippen molar-refractivity contribution in [1.29, 1.82) is 0 Å². The van der Waals surface area contributed by atoms with Gasteiger partial charge in [0.2, 0.25) is 10.0 Å². The van der Waals surface area contributed by atoms with Gasteiger partial charge in [-0.1, -0.05) is 18.9 Å². The highest BCUT2D eigenvalue weighted by atomic mass is 79.9. The highest BCUT2D eigenvalue weighted by Crippen LogP contribution is 2.33. The molecule has 2 rings (SSSR count). The van der Waals surface area contributed by atoms with Gasteiger partial charge in [0, 0.05) is 11.0 Å². The summed E-state index contributed by atoms with van der Waals surface area (Å²) >= 11 is 3.31. The molecule has 3 nitrogen and oxygen atoms in total. The molecule has 1 fully saturated rings. The molecule has 1 N–H and O–H groups in total. The van der Waals surface area contributed by atoms with Crippen molar-refractivity contribution in [3.05, 3.63) is 28.2 Å². The lowest BCUT2D eigenvalue weighted by atomic mass is 10.2. The highest BCUT2D eigenvalue weighted by molar-refractivity contribution is 9.10. The van der Waals surface area contributed by atoms with Crippen LogP contribution >= 0.6 is 15.9 Å². The molecule has 0 spiro atoms. The van der Waals surface area contributed by atoms with Gasteiger partial charge in [0.1, 0.15) is 0 Å². The molecule has 0 radical (unpaired) electrons. The van der Waals surface area contributed by atoms with Crippen LogP contribution in [-0.4, -0.2) is 15.0 Å². The molecule has 1 aliphatic rings. The SMILES string of the molecule is Cc1ccc(S(=O)(=O)NCCCC2CC2)c(Br)c1. The predicted molar refractivity (Wildman–Crippen MR) is 76.0 cm³/mol. The molecular weight excluding hydrogens is 314 g/mol. The van der Waals surface area contributed by atoms with Crippen LogP contribution < -0.4 is 4.72 Å². The molecular formula is C13H18BrNO2S. The molecule has 0 amide bonds. The Hall–Kier alpha value is -0.390. The maximum Gasteiger partial charge on any atom is 0.241 e. The lowest BCUT2D eigenvalue weighted by Gasteiger charge is -2.08. The van der Waals surface area contributed by atoms with Crippen molar-refractivity contribution in [2.45, 2.75) is 37.5 Å². The maximum atomic E-state index is 12.1. The molecule has 0 heterocycles. The molecule has 1 saturated carbocycles. The highest BCUT2D eigenvalue weighted by Gasteiger charge is 2.21. The zero-order valence-electron chi connectivity index (χ0n) is 10.4. The van der Waals surface area contributed by atoms with Crippen LogP contribution in [0.4, 0.5) is 0 Å². The first-order valence-corrected chi connectivity index (χ1v) is 8.52. The maximum absolute atomic E-state index is 12.1. The van der Waals surface area contributed by atoms with Gasteiger partial charge in [0.15, 0.2) is 0 Å². The Morgan fingerprint density at radius 2 is 2.11 bits per heavy atom. The van der Waals surface area contributed by atoms with Crippen LogP contribution in [-0.2, 0) is 10.0 Å². The Kier molecular flexibility index (Phi) is 4.45. The van der Waals surface area contributed by atoms with Crippen molar-refractivity contribution in [3.63, 3.8) is 0 Å². The summed E-state index contributed by atoms with van der Waals surface area (Å²) in [6.07, 6.45) is 4.69. The van der Waals surface area contributed by atoms with Gasteiger partial charge in [-0.15, -0.1) is 0 Å². The van der Waals surface area contributed by atoms with Gasteiger partial charge in [-0.05, 0) is 59.3 Å². The van der Waals surface area contributed by atoms with E-state index in [1.165, 1.54) is 12.8 Å². The summed E-state index contributed by atoms with van der Waals surface area (Å²) in [4.78, 5) is 0.319. The van der Waals surface area contributed by atoms with E-state index < -0.39 is 10.0 Å². The minimum Gasteiger partial charge on any atom is -0.211 e. The zero-order valence-corrected chi connectivity index (χ0v) is 12.9. The van der Waals surface area contributed by atoms with Gasteiger partial charge in [-0.3, -0.25) is 0 Å². The van der Waals surface area contributed by atoms with Crippen molar-refractivity contribution in [2.24, 2.45) is 5.92 Å². The Bertz CT molecular complexity index is 524. The summed E-state index contributed by atoms with van der Waals surface area (Å²) in [5.74, 6) is 0.848. The zero-order chi connectivity index (χ0) is 13.2. The van der Waals surface area contributed by atoms with Crippen LogP contribution in [0.15, 0.2) is 27.6 Å². The second kappa shape index (κ2) is 5.72.